The van der Waals surface area contributed by atoms with Crippen LogP contribution in [0, 0.1) is 24.5 Å². The first-order chi connectivity index (χ1) is 16.3. The van der Waals surface area contributed by atoms with E-state index in [1.54, 1.807) is 25.2 Å². The van der Waals surface area contributed by atoms with Crippen molar-refractivity contribution in [1.82, 2.24) is 20.1 Å². The highest BCUT2D eigenvalue weighted by atomic mass is 19.1. The molecule has 34 heavy (non-hydrogen) atoms. The number of hydrogen-bond acceptors (Lipinski definition) is 4. The number of nitrogens with one attached hydrogen (secondary N) is 1. The van der Waals surface area contributed by atoms with Crippen molar-refractivity contribution in [2.24, 2.45) is 13.0 Å². The summed E-state index contributed by atoms with van der Waals surface area (Å²) in [6.07, 6.45) is 3.77. The Kier molecular flexibility index (Phi) is 5.43. The molecule has 0 atom stereocenters. The molecule has 1 fully saturated rings. The zero-order valence-electron chi connectivity index (χ0n) is 18.7. The van der Waals surface area contributed by atoms with Crippen LogP contribution in [-0.2, 0) is 7.05 Å². The van der Waals surface area contributed by atoms with Gasteiger partial charge in [0.2, 0.25) is 0 Å². The number of halogens is 2. The molecular formula is C26H22F2N4O2. The number of aryl methyl sites for hydroxylation is 2. The zero-order valence-corrected chi connectivity index (χ0v) is 18.7. The molecule has 1 saturated carbocycles. The average Bonchev–Trinajstić information content (AvgIpc) is 3.64. The predicted octanol–water partition coefficient (Wildman–Crippen LogP) is 4.39. The lowest BCUT2D eigenvalue weighted by molar-refractivity contribution is 0.0952. The Morgan fingerprint density at radius 2 is 1.88 bits per heavy atom. The van der Waals surface area contributed by atoms with E-state index in [0.717, 1.165) is 30.5 Å². The number of amides is 1. The van der Waals surface area contributed by atoms with Gasteiger partial charge in [0.15, 0.2) is 0 Å². The summed E-state index contributed by atoms with van der Waals surface area (Å²) in [6, 6.07) is 10.1. The maximum Gasteiger partial charge on any atom is 0.258 e. The third-order valence-corrected chi connectivity index (χ3v) is 6.25. The van der Waals surface area contributed by atoms with Crippen LogP contribution in [0.3, 0.4) is 0 Å². The van der Waals surface area contributed by atoms with Crippen LogP contribution >= 0.6 is 0 Å². The minimum atomic E-state index is -0.793. The summed E-state index contributed by atoms with van der Waals surface area (Å²) in [6.45, 7) is 2.52. The molecule has 0 unspecified atom stereocenters. The van der Waals surface area contributed by atoms with Crippen LogP contribution in [0.25, 0.3) is 33.3 Å². The van der Waals surface area contributed by atoms with Crippen LogP contribution in [-0.4, -0.2) is 27.2 Å². The summed E-state index contributed by atoms with van der Waals surface area (Å²) >= 11 is 0. The van der Waals surface area contributed by atoms with Crippen LogP contribution in [0.1, 0.15) is 28.8 Å². The Balaban J connectivity index is 1.63. The van der Waals surface area contributed by atoms with Crippen molar-refractivity contribution in [3.8, 4) is 22.4 Å². The monoisotopic (exact) mass is 460 g/mol. The van der Waals surface area contributed by atoms with E-state index in [9.17, 15) is 18.4 Å². The second-order valence-corrected chi connectivity index (χ2v) is 8.73. The van der Waals surface area contributed by atoms with Gasteiger partial charge in [-0.2, -0.15) is 5.10 Å². The summed E-state index contributed by atoms with van der Waals surface area (Å²) in [5, 5.41) is 11.5. The highest BCUT2D eigenvalue weighted by Gasteiger charge is 2.22. The first-order valence-electron chi connectivity index (χ1n) is 11.0. The van der Waals surface area contributed by atoms with Gasteiger partial charge in [0.25, 0.3) is 11.5 Å². The molecular weight excluding hydrogens is 438 g/mol. The number of aromatic nitrogens is 3. The molecule has 0 saturated heterocycles. The van der Waals surface area contributed by atoms with E-state index in [0.29, 0.717) is 40.1 Å². The van der Waals surface area contributed by atoms with Crippen LogP contribution in [0.2, 0.25) is 0 Å². The number of hydrogen-bond donors (Lipinski definition) is 1. The second kappa shape index (κ2) is 8.44. The molecule has 0 bridgehead atoms. The van der Waals surface area contributed by atoms with Crippen molar-refractivity contribution in [2.75, 3.05) is 6.54 Å². The quantitative estimate of drug-likeness (QED) is 0.479. The lowest BCUT2D eigenvalue weighted by atomic mass is 9.97. The van der Waals surface area contributed by atoms with Crippen molar-refractivity contribution in [2.45, 2.75) is 19.8 Å². The van der Waals surface area contributed by atoms with Crippen LogP contribution in [0.5, 0.6) is 0 Å². The van der Waals surface area contributed by atoms with Crippen molar-refractivity contribution >= 4 is 16.8 Å². The number of carbonyl (C=O) groups is 1. The molecule has 1 aliphatic carbocycles. The Bertz CT molecular complexity index is 1510. The molecule has 4 aromatic rings. The molecule has 2 aromatic heterocycles. The standard InChI is InChI=1S/C26H22F2N4O2/c1-14-3-6-16(25(33)29-12-15-4-5-15)9-20(14)21-10-17-13-30-31-23(24(17)32(2)26(21)34)19-8-7-18(27)11-22(19)28/h3,6-11,13,15H,4-5,12H2,1-2H3,(H,29,33). The van der Waals surface area contributed by atoms with Crippen molar-refractivity contribution in [1.29, 1.82) is 0 Å². The SMILES string of the molecule is Cc1ccc(C(=O)NCC2CC2)cc1-c1cc2cnnc(-c3ccc(F)cc3F)c2n(C)c1=O. The number of pyridine rings is 1. The lowest BCUT2D eigenvalue weighted by Gasteiger charge is -2.14. The fraction of sp³-hybridized carbons (Fsp3) is 0.231. The summed E-state index contributed by atoms with van der Waals surface area (Å²) in [5.74, 6) is -1.12. The van der Waals surface area contributed by atoms with Gasteiger partial charge in [0, 0.05) is 41.7 Å². The minimum absolute atomic E-state index is 0.0489. The Hall–Kier alpha value is -3.94. The van der Waals surface area contributed by atoms with Gasteiger partial charge in [-0.25, -0.2) is 8.78 Å². The predicted molar refractivity (Wildman–Crippen MR) is 125 cm³/mol. The van der Waals surface area contributed by atoms with Gasteiger partial charge in [-0.3, -0.25) is 9.59 Å². The number of fused-ring (bicyclic) bond motifs is 1. The van der Waals surface area contributed by atoms with Crippen LogP contribution in [0.15, 0.2) is 53.5 Å². The second-order valence-electron chi connectivity index (χ2n) is 8.73. The molecule has 2 aromatic carbocycles. The van der Waals surface area contributed by atoms with Crippen molar-refractivity contribution in [3.63, 3.8) is 0 Å². The maximum atomic E-state index is 14.5. The normalized spacial score (nSPS) is 13.3. The third-order valence-electron chi connectivity index (χ3n) is 6.25. The van der Waals surface area contributed by atoms with Gasteiger partial charge < -0.3 is 9.88 Å². The first kappa shape index (κ1) is 21.9. The summed E-state index contributed by atoms with van der Waals surface area (Å²) in [7, 11) is 1.57. The van der Waals surface area contributed by atoms with E-state index >= 15 is 0 Å². The third kappa shape index (κ3) is 3.96. The van der Waals surface area contributed by atoms with E-state index in [2.05, 4.69) is 15.5 Å². The van der Waals surface area contributed by atoms with Gasteiger partial charge >= 0.3 is 0 Å². The number of nitrogens with zero attached hydrogens (tertiary/aromatic N) is 3. The van der Waals surface area contributed by atoms with E-state index < -0.39 is 11.6 Å². The fourth-order valence-electron chi connectivity index (χ4n) is 4.12. The summed E-state index contributed by atoms with van der Waals surface area (Å²) < 4.78 is 29.3. The minimum Gasteiger partial charge on any atom is -0.352 e. The Morgan fingerprint density at radius 1 is 1.09 bits per heavy atom. The largest absolute Gasteiger partial charge is 0.352 e. The molecule has 0 aliphatic heterocycles. The van der Waals surface area contributed by atoms with E-state index in [4.69, 9.17) is 0 Å². The molecule has 6 nitrogen and oxygen atoms in total. The summed E-state index contributed by atoms with van der Waals surface area (Å²) in [5.41, 5.74) is 2.58. The van der Waals surface area contributed by atoms with Crippen LogP contribution < -0.4 is 10.9 Å². The first-order valence-corrected chi connectivity index (χ1v) is 11.0. The van der Waals surface area contributed by atoms with Gasteiger partial charge in [0.1, 0.15) is 17.3 Å². The maximum absolute atomic E-state index is 14.5. The molecule has 1 amide bonds. The number of carbonyl (C=O) groups excluding carboxylic acids is 1. The van der Waals surface area contributed by atoms with Gasteiger partial charge in [-0.1, -0.05) is 6.07 Å². The molecule has 0 radical (unpaired) electrons. The average molecular weight is 460 g/mol. The Morgan fingerprint density at radius 3 is 2.62 bits per heavy atom. The van der Waals surface area contributed by atoms with Gasteiger partial charge in [-0.05, 0) is 67.1 Å². The molecule has 172 valence electrons. The number of rotatable bonds is 5. The lowest BCUT2D eigenvalue weighted by Crippen LogP contribution is -2.25. The topological polar surface area (TPSA) is 76.9 Å². The number of benzene rings is 2. The molecule has 1 aliphatic rings. The highest BCUT2D eigenvalue weighted by molar-refractivity contribution is 5.97. The van der Waals surface area contributed by atoms with E-state index in [-0.39, 0.29) is 22.7 Å². The molecule has 2 heterocycles. The molecule has 1 N–H and O–H groups in total. The van der Waals surface area contributed by atoms with Crippen LogP contribution in [0.4, 0.5) is 8.78 Å². The smallest absolute Gasteiger partial charge is 0.258 e. The van der Waals surface area contributed by atoms with Gasteiger partial charge in [-0.15, -0.1) is 5.10 Å². The van der Waals surface area contributed by atoms with E-state index in [1.807, 2.05) is 13.0 Å². The molecule has 8 heteroatoms. The highest BCUT2D eigenvalue weighted by Crippen LogP contribution is 2.31. The zero-order chi connectivity index (χ0) is 24.0. The molecule has 5 rings (SSSR count). The van der Waals surface area contributed by atoms with E-state index in [1.165, 1.54) is 16.8 Å². The Labute approximate surface area is 194 Å². The molecule has 0 spiro atoms. The van der Waals surface area contributed by atoms with Gasteiger partial charge in [0.05, 0.1) is 11.7 Å². The summed E-state index contributed by atoms with van der Waals surface area (Å²) in [4.78, 5) is 26.0. The fourth-order valence-corrected chi connectivity index (χ4v) is 4.12. The van der Waals surface area contributed by atoms with Crippen molar-refractivity contribution in [3.05, 3.63) is 81.8 Å². The van der Waals surface area contributed by atoms with Crippen molar-refractivity contribution < 1.29 is 13.6 Å².